The summed E-state index contributed by atoms with van der Waals surface area (Å²) in [4.78, 5) is 26.3. The van der Waals surface area contributed by atoms with Crippen molar-refractivity contribution in [2.24, 2.45) is 0 Å². The van der Waals surface area contributed by atoms with Crippen LogP contribution in [0.15, 0.2) is 18.2 Å². The molecule has 0 unspecified atom stereocenters. The van der Waals surface area contributed by atoms with Gasteiger partial charge in [-0.15, -0.1) is 12.4 Å². The lowest BCUT2D eigenvalue weighted by Crippen LogP contribution is -2.53. The molecule has 2 amide bonds. The Balaban J connectivity index is 0.00000338. The van der Waals surface area contributed by atoms with Gasteiger partial charge in [-0.05, 0) is 39.0 Å². The van der Waals surface area contributed by atoms with Crippen molar-refractivity contribution < 1.29 is 19.1 Å². The molecule has 1 aromatic carbocycles. The number of halogens is 1. The van der Waals surface area contributed by atoms with Crippen LogP contribution in [0.5, 0.6) is 11.5 Å². The smallest absolute Gasteiger partial charge is 0.251 e. The third-order valence-electron chi connectivity index (χ3n) is 3.93. The zero-order valence-corrected chi connectivity index (χ0v) is 16.4. The Kier molecular flexibility index (Phi) is 9.23. The summed E-state index contributed by atoms with van der Waals surface area (Å²) < 4.78 is 11.0. The van der Waals surface area contributed by atoms with Gasteiger partial charge in [-0.2, -0.15) is 0 Å². The van der Waals surface area contributed by atoms with Crippen molar-refractivity contribution in [3.8, 4) is 11.5 Å². The lowest BCUT2D eigenvalue weighted by atomic mass is 10.2. The van der Waals surface area contributed by atoms with E-state index in [-0.39, 0.29) is 36.8 Å². The van der Waals surface area contributed by atoms with Gasteiger partial charge in [0, 0.05) is 31.2 Å². The van der Waals surface area contributed by atoms with Crippen molar-refractivity contribution in [1.82, 2.24) is 15.5 Å². The second kappa shape index (κ2) is 10.9. The first-order valence-corrected chi connectivity index (χ1v) is 8.74. The molecule has 0 saturated carbocycles. The second-order valence-electron chi connectivity index (χ2n) is 5.91. The highest BCUT2D eigenvalue weighted by molar-refractivity contribution is 5.97. The van der Waals surface area contributed by atoms with Crippen LogP contribution in [0.2, 0.25) is 0 Å². The normalized spacial score (nSPS) is 16.4. The van der Waals surface area contributed by atoms with Crippen LogP contribution in [0.4, 0.5) is 0 Å². The van der Waals surface area contributed by atoms with E-state index in [1.54, 1.807) is 23.1 Å². The molecule has 0 aromatic heterocycles. The van der Waals surface area contributed by atoms with Crippen LogP contribution in [-0.4, -0.2) is 62.1 Å². The molecule has 0 aliphatic carbocycles. The molecule has 7 nitrogen and oxygen atoms in total. The molecule has 1 aliphatic rings. The first kappa shape index (κ1) is 22.1. The summed E-state index contributed by atoms with van der Waals surface area (Å²) in [5, 5.41) is 5.97. The number of hydrogen-bond donors (Lipinski definition) is 2. The fourth-order valence-electron chi connectivity index (χ4n) is 2.72. The number of ether oxygens (including phenoxy) is 2. The Morgan fingerprint density at radius 3 is 2.58 bits per heavy atom. The van der Waals surface area contributed by atoms with Gasteiger partial charge in [0.1, 0.15) is 0 Å². The van der Waals surface area contributed by atoms with Gasteiger partial charge < -0.3 is 25.0 Å². The summed E-state index contributed by atoms with van der Waals surface area (Å²) in [5.41, 5.74) is 0.438. The van der Waals surface area contributed by atoms with Crippen molar-refractivity contribution in [2.75, 3.05) is 39.4 Å². The summed E-state index contributed by atoms with van der Waals surface area (Å²) in [6.07, 6.45) is 0. The Hall–Kier alpha value is -1.99. The van der Waals surface area contributed by atoms with Gasteiger partial charge in [0.05, 0.1) is 19.8 Å². The molecule has 0 radical (unpaired) electrons. The molecule has 8 heteroatoms. The lowest BCUT2D eigenvalue weighted by Gasteiger charge is -2.31. The van der Waals surface area contributed by atoms with Crippen molar-refractivity contribution in [2.45, 2.75) is 26.8 Å². The topological polar surface area (TPSA) is 79.9 Å². The largest absolute Gasteiger partial charge is 0.490 e. The maximum absolute atomic E-state index is 12.3. The highest BCUT2D eigenvalue weighted by Crippen LogP contribution is 2.28. The van der Waals surface area contributed by atoms with Crippen molar-refractivity contribution in [3.05, 3.63) is 23.8 Å². The summed E-state index contributed by atoms with van der Waals surface area (Å²) in [7, 11) is 0. The minimum Gasteiger partial charge on any atom is -0.490 e. The van der Waals surface area contributed by atoms with Crippen LogP contribution >= 0.6 is 12.4 Å². The molecule has 1 aliphatic heterocycles. The minimum atomic E-state index is -0.305. The Bertz CT molecular complexity index is 612. The van der Waals surface area contributed by atoms with Crippen LogP contribution in [0, 0.1) is 0 Å². The van der Waals surface area contributed by atoms with Gasteiger partial charge in [-0.1, -0.05) is 0 Å². The van der Waals surface area contributed by atoms with Gasteiger partial charge in [-0.3, -0.25) is 9.59 Å². The van der Waals surface area contributed by atoms with E-state index in [9.17, 15) is 9.59 Å². The predicted molar refractivity (Wildman–Crippen MR) is 102 cm³/mol. The van der Waals surface area contributed by atoms with Crippen LogP contribution < -0.4 is 20.1 Å². The Morgan fingerprint density at radius 2 is 1.92 bits per heavy atom. The van der Waals surface area contributed by atoms with Crippen molar-refractivity contribution in [3.63, 3.8) is 0 Å². The standard InChI is InChI=1S/C18H27N3O4.ClH/c1-4-24-15-7-6-14(10-16(15)25-5-2)18(23)20-11-17(22)21-9-8-19-13(3)12-21;/h6-7,10,13,19H,4-5,8-9,11-12H2,1-3H3,(H,20,23);1H/t13-;/m1./s1. The molecule has 2 N–H and O–H groups in total. The lowest BCUT2D eigenvalue weighted by molar-refractivity contribution is -0.131. The third kappa shape index (κ3) is 6.07. The summed E-state index contributed by atoms with van der Waals surface area (Å²) >= 11 is 0. The Morgan fingerprint density at radius 1 is 1.23 bits per heavy atom. The monoisotopic (exact) mass is 385 g/mol. The first-order chi connectivity index (χ1) is 12.0. The van der Waals surface area contributed by atoms with Crippen molar-refractivity contribution >= 4 is 24.2 Å². The molecular formula is C18H28ClN3O4. The SMILES string of the molecule is CCOc1ccc(C(=O)NCC(=O)N2CCN[C@H](C)C2)cc1OCC.Cl. The molecule has 0 spiro atoms. The highest BCUT2D eigenvalue weighted by atomic mass is 35.5. The van der Waals surface area contributed by atoms with E-state index in [2.05, 4.69) is 10.6 Å². The number of rotatable bonds is 7. The van der Waals surface area contributed by atoms with Crippen molar-refractivity contribution in [1.29, 1.82) is 0 Å². The van der Waals surface area contributed by atoms with Crippen LogP contribution in [0.3, 0.4) is 0 Å². The van der Waals surface area contributed by atoms with E-state index in [1.165, 1.54) is 0 Å². The average molecular weight is 386 g/mol. The van der Waals surface area contributed by atoms with E-state index < -0.39 is 0 Å². The molecular weight excluding hydrogens is 358 g/mol. The molecule has 1 heterocycles. The zero-order chi connectivity index (χ0) is 18.2. The van der Waals surface area contributed by atoms with Gasteiger partial charge in [-0.25, -0.2) is 0 Å². The van der Waals surface area contributed by atoms with Crippen LogP contribution in [0.1, 0.15) is 31.1 Å². The van der Waals surface area contributed by atoms with Gasteiger partial charge in [0.2, 0.25) is 5.91 Å². The number of benzene rings is 1. The predicted octanol–water partition coefficient (Wildman–Crippen LogP) is 1.46. The summed E-state index contributed by atoms with van der Waals surface area (Å²) in [5.74, 6) is 0.754. The molecule has 1 aromatic rings. The fraction of sp³-hybridized carbons (Fsp3) is 0.556. The average Bonchev–Trinajstić information content (AvgIpc) is 2.61. The molecule has 2 rings (SSSR count). The molecule has 1 fully saturated rings. The number of piperazine rings is 1. The van der Waals surface area contributed by atoms with E-state index >= 15 is 0 Å². The minimum absolute atomic E-state index is 0. The number of nitrogens with one attached hydrogen (secondary N) is 2. The van der Waals surface area contributed by atoms with Gasteiger partial charge >= 0.3 is 0 Å². The first-order valence-electron chi connectivity index (χ1n) is 8.74. The third-order valence-corrected chi connectivity index (χ3v) is 3.93. The highest BCUT2D eigenvalue weighted by Gasteiger charge is 2.21. The maximum Gasteiger partial charge on any atom is 0.251 e. The summed E-state index contributed by atoms with van der Waals surface area (Å²) in [6, 6.07) is 5.29. The van der Waals surface area contributed by atoms with E-state index in [0.29, 0.717) is 43.4 Å². The van der Waals surface area contributed by atoms with E-state index in [0.717, 1.165) is 6.54 Å². The molecule has 26 heavy (non-hydrogen) atoms. The second-order valence-corrected chi connectivity index (χ2v) is 5.91. The number of carbonyl (C=O) groups excluding carboxylic acids is 2. The zero-order valence-electron chi connectivity index (χ0n) is 15.5. The number of carbonyl (C=O) groups is 2. The van der Waals surface area contributed by atoms with Crippen LogP contribution in [0.25, 0.3) is 0 Å². The quantitative estimate of drug-likeness (QED) is 0.742. The number of amides is 2. The molecule has 1 saturated heterocycles. The fourth-order valence-corrected chi connectivity index (χ4v) is 2.72. The summed E-state index contributed by atoms with van der Waals surface area (Å²) in [6.45, 7) is 8.87. The van der Waals surface area contributed by atoms with E-state index in [4.69, 9.17) is 9.47 Å². The Labute approximate surface area is 160 Å². The van der Waals surface area contributed by atoms with Gasteiger partial charge in [0.15, 0.2) is 11.5 Å². The molecule has 0 bridgehead atoms. The number of nitrogens with zero attached hydrogens (tertiary/aromatic N) is 1. The van der Waals surface area contributed by atoms with Gasteiger partial charge in [0.25, 0.3) is 5.91 Å². The molecule has 1 atom stereocenters. The number of hydrogen-bond acceptors (Lipinski definition) is 5. The van der Waals surface area contributed by atoms with E-state index in [1.807, 2.05) is 20.8 Å². The molecule has 146 valence electrons. The maximum atomic E-state index is 12.3. The van der Waals surface area contributed by atoms with Crippen LogP contribution in [-0.2, 0) is 4.79 Å².